The van der Waals surface area contributed by atoms with Crippen LogP contribution in [-0.2, 0) is 5.54 Å². The molecule has 0 saturated carbocycles. The maximum Gasteiger partial charge on any atom is 0.157 e. The first-order valence-corrected chi connectivity index (χ1v) is 10.8. The Morgan fingerprint density at radius 2 is 1.64 bits per heavy atom. The first-order chi connectivity index (χ1) is 16.0. The van der Waals surface area contributed by atoms with Crippen molar-refractivity contribution in [2.75, 3.05) is 6.61 Å². The molecular weight excluding hydrogens is 412 g/mol. The van der Waals surface area contributed by atoms with Crippen molar-refractivity contribution < 1.29 is 4.74 Å². The van der Waals surface area contributed by atoms with Gasteiger partial charge in [0.2, 0.25) is 0 Å². The van der Waals surface area contributed by atoms with Gasteiger partial charge in [0.1, 0.15) is 29.3 Å². The van der Waals surface area contributed by atoms with Crippen molar-refractivity contribution in [3.8, 4) is 16.9 Å². The van der Waals surface area contributed by atoms with Crippen molar-refractivity contribution in [3.05, 3.63) is 101 Å². The molecule has 7 nitrogen and oxygen atoms in total. The molecule has 2 aromatic carbocycles. The fraction of sp³-hybridized carbons (Fsp3) is 0.192. The van der Waals surface area contributed by atoms with E-state index < -0.39 is 5.54 Å². The third-order valence-electron chi connectivity index (χ3n) is 5.91. The van der Waals surface area contributed by atoms with Crippen LogP contribution in [0, 0.1) is 13.8 Å². The molecule has 0 amide bonds. The molecule has 5 rings (SSSR count). The van der Waals surface area contributed by atoms with Crippen LogP contribution in [0.1, 0.15) is 40.6 Å². The second kappa shape index (κ2) is 8.09. The summed E-state index contributed by atoms with van der Waals surface area (Å²) in [6.07, 6.45) is 8.44. The molecule has 3 heterocycles. The zero-order valence-corrected chi connectivity index (χ0v) is 18.8. The Bertz CT molecular complexity index is 1350. The van der Waals surface area contributed by atoms with Crippen molar-refractivity contribution in [1.29, 1.82) is 0 Å². The van der Waals surface area contributed by atoms with E-state index in [-0.39, 0.29) is 0 Å². The zero-order chi connectivity index (χ0) is 23.0. The molecule has 0 bridgehead atoms. The van der Waals surface area contributed by atoms with Gasteiger partial charge in [-0.25, -0.2) is 19.9 Å². The molecule has 33 heavy (non-hydrogen) atoms. The maximum absolute atomic E-state index is 6.40. The van der Waals surface area contributed by atoms with E-state index in [2.05, 4.69) is 39.2 Å². The van der Waals surface area contributed by atoms with Gasteiger partial charge in [0.15, 0.2) is 5.54 Å². The van der Waals surface area contributed by atoms with E-state index in [1.807, 2.05) is 32.9 Å². The maximum atomic E-state index is 6.40. The van der Waals surface area contributed by atoms with E-state index in [1.165, 1.54) is 6.33 Å². The first-order valence-electron chi connectivity index (χ1n) is 10.8. The Morgan fingerprint density at radius 1 is 0.909 bits per heavy atom. The topological polar surface area (TPSA) is 99.2 Å². The van der Waals surface area contributed by atoms with Gasteiger partial charge >= 0.3 is 0 Å². The zero-order valence-electron chi connectivity index (χ0n) is 18.8. The van der Waals surface area contributed by atoms with Crippen LogP contribution >= 0.6 is 0 Å². The van der Waals surface area contributed by atoms with E-state index in [9.17, 15) is 0 Å². The largest absolute Gasteiger partial charge is 0.493 e. The fourth-order valence-electron chi connectivity index (χ4n) is 4.55. The summed E-state index contributed by atoms with van der Waals surface area (Å²) in [4.78, 5) is 22.6. The SMILES string of the molecule is CCOc1c(C)cc(C2(c3cccc(-c4cncnc4)c3)N=C(N)c3nccnc32)cc1C. The quantitative estimate of drug-likeness (QED) is 0.508. The number of aryl methyl sites for hydroxylation is 2. The van der Waals surface area contributed by atoms with Gasteiger partial charge in [0.25, 0.3) is 0 Å². The van der Waals surface area contributed by atoms with Gasteiger partial charge in [-0.05, 0) is 66.8 Å². The van der Waals surface area contributed by atoms with E-state index in [4.69, 9.17) is 20.4 Å². The number of nitrogens with two attached hydrogens (primary N) is 1. The highest BCUT2D eigenvalue weighted by atomic mass is 16.5. The highest BCUT2D eigenvalue weighted by molar-refractivity contribution is 6.01. The lowest BCUT2D eigenvalue weighted by Crippen LogP contribution is -2.27. The second-order valence-corrected chi connectivity index (χ2v) is 8.04. The van der Waals surface area contributed by atoms with Gasteiger partial charge in [0.05, 0.1) is 6.61 Å². The minimum atomic E-state index is -0.931. The summed E-state index contributed by atoms with van der Waals surface area (Å²) in [7, 11) is 0. The van der Waals surface area contributed by atoms with Crippen LogP contribution in [0.3, 0.4) is 0 Å². The summed E-state index contributed by atoms with van der Waals surface area (Å²) >= 11 is 0. The Balaban J connectivity index is 1.79. The predicted octanol–water partition coefficient (Wildman–Crippen LogP) is 3.96. The number of nitrogens with zero attached hydrogens (tertiary/aromatic N) is 5. The fourth-order valence-corrected chi connectivity index (χ4v) is 4.55. The highest BCUT2D eigenvalue weighted by Crippen LogP contribution is 2.46. The molecule has 0 spiro atoms. The third kappa shape index (κ3) is 3.33. The summed E-state index contributed by atoms with van der Waals surface area (Å²) in [5, 5.41) is 0. The summed E-state index contributed by atoms with van der Waals surface area (Å²) in [6, 6.07) is 12.4. The number of aromatic nitrogens is 4. The molecule has 1 unspecified atom stereocenters. The molecule has 2 aromatic heterocycles. The lowest BCUT2D eigenvalue weighted by Gasteiger charge is -2.29. The van der Waals surface area contributed by atoms with Crippen LogP contribution in [0.15, 0.2) is 72.5 Å². The Labute approximate surface area is 192 Å². The summed E-state index contributed by atoms with van der Waals surface area (Å²) in [5.41, 5.74) is 12.7. The van der Waals surface area contributed by atoms with Crippen LogP contribution in [-0.4, -0.2) is 32.4 Å². The number of rotatable bonds is 5. The summed E-state index contributed by atoms with van der Waals surface area (Å²) in [5.74, 6) is 1.26. The van der Waals surface area contributed by atoms with Crippen molar-refractivity contribution in [2.24, 2.45) is 10.7 Å². The van der Waals surface area contributed by atoms with Gasteiger partial charge in [-0.3, -0.25) is 4.98 Å². The Kier molecular flexibility index (Phi) is 5.09. The van der Waals surface area contributed by atoms with E-state index >= 15 is 0 Å². The van der Waals surface area contributed by atoms with Gasteiger partial charge in [-0.1, -0.05) is 18.2 Å². The molecule has 7 heteroatoms. The molecule has 164 valence electrons. The molecule has 0 saturated heterocycles. The van der Waals surface area contributed by atoms with E-state index in [1.54, 1.807) is 24.8 Å². The number of ether oxygens (including phenoxy) is 1. The van der Waals surface area contributed by atoms with Crippen LogP contribution in [0.5, 0.6) is 5.75 Å². The molecule has 0 aliphatic carbocycles. The average molecular weight is 437 g/mol. The Morgan fingerprint density at radius 3 is 2.36 bits per heavy atom. The minimum Gasteiger partial charge on any atom is -0.493 e. The van der Waals surface area contributed by atoms with Gasteiger partial charge < -0.3 is 10.5 Å². The third-order valence-corrected chi connectivity index (χ3v) is 5.91. The monoisotopic (exact) mass is 436 g/mol. The molecule has 0 radical (unpaired) electrons. The molecule has 0 fully saturated rings. The number of hydrogen-bond donors (Lipinski definition) is 1. The summed E-state index contributed by atoms with van der Waals surface area (Å²) in [6.45, 7) is 6.69. The number of amidine groups is 1. The van der Waals surface area contributed by atoms with Gasteiger partial charge in [0, 0.05) is 30.4 Å². The molecule has 1 aliphatic heterocycles. The Hall–Kier alpha value is -4.13. The minimum absolute atomic E-state index is 0.371. The van der Waals surface area contributed by atoms with Crippen molar-refractivity contribution in [3.63, 3.8) is 0 Å². The normalized spacial score (nSPS) is 16.9. The smallest absolute Gasteiger partial charge is 0.157 e. The first kappa shape index (κ1) is 20.8. The summed E-state index contributed by atoms with van der Waals surface area (Å²) < 4.78 is 5.89. The molecule has 1 atom stereocenters. The average Bonchev–Trinajstić information content (AvgIpc) is 3.15. The predicted molar refractivity (Wildman–Crippen MR) is 127 cm³/mol. The van der Waals surface area contributed by atoms with E-state index in [0.29, 0.717) is 23.8 Å². The lowest BCUT2D eigenvalue weighted by molar-refractivity contribution is 0.335. The van der Waals surface area contributed by atoms with Crippen molar-refractivity contribution in [2.45, 2.75) is 26.3 Å². The van der Waals surface area contributed by atoms with Crippen LogP contribution < -0.4 is 10.5 Å². The number of fused-ring (bicyclic) bond motifs is 1. The standard InChI is InChI=1S/C26H24N6O/c1-4-33-23-16(2)10-21(11-17(23)3)26(24-22(25(27)32-26)30-8-9-31-24)20-7-5-6-18(12-20)19-13-28-15-29-14-19/h5-15H,4H2,1-3H3,(H2,27,32). The van der Waals surface area contributed by atoms with Crippen molar-refractivity contribution in [1.82, 2.24) is 19.9 Å². The second-order valence-electron chi connectivity index (χ2n) is 8.04. The lowest BCUT2D eigenvalue weighted by atomic mass is 9.79. The molecular formula is C26H24N6O. The van der Waals surface area contributed by atoms with Gasteiger partial charge in [-0.2, -0.15) is 0 Å². The van der Waals surface area contributed by atoms with Crippen LogP contribution in [0.25, 0.3) is 11.1 Å². The molecule has 2 N–H and O–H groups in total. The number of hydrogen-bond acceptors (Lipinski definition) is 7. The van der Waals surface area contributed by atoms with Crippen LogP contribution in [0.2, 0.25) is 0 Å². The van der Waals surface area contributed by atoms with E-state index in [0.717, 1.165) is 39.1 Å². The van der Waals surface area contributed by atoms with Crippen molar-refractivity contribution >= 4 is 5.84 Å². The molecule has 1 aliphatic rings. The van der Waals surface area contributed by atoms with Crippen LogP contribution in [0.4, 0.5) is 0 Å². The van der Waals surface area contributed by atoms with Gasteiger partial charge in [-0.15, -0.1) is 0 Å². The number of benzene rings is 2. The molecule has 4 aromatic rings. The highest BCUT2D eigenvalue weighted by Gasteiger charge is 2.45. The number of aliphatic imine (C=N–C) groups is 1.